The van der Waals surface area contributed by atoms with Gasteiger partial charge in [0.2, 0.25) is 11.9 Å². The average Bonchev–Trinajstić information content (AvgIpc) is 2.72. The number of guanidine groups is 1. The largest absolute Gasteiger partial charge is 0.382 e. The molecule has 0 bridgehead atoms. The number of carbonyl (C=O) groups is 1. The van der Waals surface area contributed by atoms with Crippen molar-refractivity contribution in [1.82, 2.24) is 25.5 Å². The van der Waals surface area contributed by atoms with Crippen LogP contribution in [0.15, 0.2) is 23.5 Å². The Bertz CT molecular complexity index is 608. The van der Waals surface area contributed by atoms with E-state index in [1.807, 2.05) is 13.0 Å². The summed E-state index contributed by atoms with van der Waals surface area (Å²) >= 11 is 0. The van der Waals surface area contributed by atoms with Crippen LogP contribution in [0.2, 0.25) is 0 Å². The number of nitrogens with zero attached hydrogens (tertiary/aromatic N) is 5. The minimum absolute atomic E-state index is 0. The molecule has 2 rings (SSSR count). The summed E-state index contributed by atoms with van der Waals surface area (Å²) < 4.78 is 5.37. The Kier molecular flexibility index (Phi) is 12.5. The number of nitrogens with one attached hydrogen (secondary N) is 2. The molecule has 0 aromatic carbocycles. The summed E-state index contributed by atoms with van der Waals surface area (Å²) in [6.07, 6.45) is 6.34. The monoisotopic (exact) mass is 519 g/mol. The van der Waals surface area contributed by atoms with Gasteiger partial charge in [0.25, 0.3) is 0 Å². The van der Waals surface area contributed by atoms with Gasteiger partial charge in [0.15, 0.2) is 5.96 Å². The molecule has 164 valence electrons. The molecule has 1 saturated heterocycles. The molecular weight excluding hydrogens is 485 g/mol. The number of amides is 1. The zero-order valence-corrected chi connectivity index (χ0v) is 20.0. The van der Waals surface area contributed by atoms with Crippen molar-refractivity contribution in [2.24, 2.45) is 4.99 Å². The zero-order valence-electron chi connectivity index (χ0n) is 17.6. The molecule has 0 radical (unpaired) electrons. The first-order chi connectivity index (χ1) is 13.6. The number of hydrogen-bond acceptors (Lipinski definition) is 6. The maximum Gasteiger partial charge on any atom is 0.243 e. The average molecular weight is 519 g/mol. The molecule has 1 aliphatic heterocycles. The molecule has 0 spiro atoms. The van der Waals surface area contributed by atoms with Crippen LogP contribution in [0.5, 0.6) is 0 Å². The summed E-state index contributed by atoms with van der Waals surface area (Å²) in [5.74, 6) is 1.44. The Balaban J connectivity index is 0.00000420. The van der Waals surface area contributed by atoms with Crippen LogP contribution in [0.25, 0.3) is 0 Å². The van der Waals surface area contributed by atoms with Crippen molar-refractivity contribution in [1.29, 1.82) is 0 Å². The fourth-order valence-electron chi connectivity index (χ4n) is 2.84. The van der Waals surface area contributed by atoms with E-state index in [4.69, 9.17) is 4.74 Å². The smallest absolute Gasteiger partial charge is 0.243 e. The van der Waals surface area contributed by atoms with Crippen molar-refractivity contribution >= 4 is 41.8 Å². The van der Waals surface area contributed by atoms with E-state index in [9.17, 15) is 4.79 Å². The number of likely N-dealkylation sites (N-methyl/N-ethyl adjacent to an activating group) is 1. The highest BCUT2D eigenvalue weighted by atomic mass is 127. The van der Waals surface area contributed by atoms with E-state index in [2.05, 4.69) is 30.5 Å². The van der Waals surface area contributed by atoms with Gasteiger partial charge in [-0.15, -0.1) is 24.0 Å². The van der Waals surface area contributed by atoms with Crippen molar-refractivity contribution in [2.45, 2.75) is 32.2 Å². The number of piperidine rings is 1. The summed E-state index contributed by atoms with van der Waals surface area (Å²) in [6, 6.07) is 2.12. The molecular formula is C19H34IN7O2. The molecule has 1 fully saturated rings. The second kappa shape index (κ2) is 14.3. The van der Waals surface area contributed by atoms with Crippen LogP contribution in [0.1, 0.15) is 26.2 Å². The second-order valence-corrected chi connectivity index (χ2v) is 6.88. The van der Waals surface area contributed by atoms with E-state index < -0.39 is 0 Å². The number of anilines is 1. The Labute approximate surface area is 190 Å². The van der Waals surface area contributed by atoms with Crippen molar-refractivity contribution in [3.05, 3.63) is 18.5 Å². The lowest BCUT2D eigenvalue weighted by Gasteiger charge is -2.33. The van der Waals surface area contributed by atoms with Crippen LogP contribution in [-0.4, -0.2) is 86.3 Å². The standard InChI is InChI=1S/C19H33N7O2.HI/c1-4-28-14-6-11-20-18(23-15-17(27)25(2)3)24-16-7-12-26(13-8-16)19-21-9-5-10-22-19;/h5,9-10,16H,4,6-8,11-15H2,1-3H3,(H2,20,23,24);1H. The molecule has 1 aromatic rings. The van der Waals surface area contributed by atoms with Crippen LogP contribution in [0, 0.1) is 0 Å². The van der Waals surface area contributed by atoms with Gasteiger partial charge in [-0.1, -0.05) is 0 Å². The van der Waals surface area contributed by atoms with Crippen LogP contribution in [-0.2, 0) is 9.53 Å². The Morgan fingerprint density at radius 3 is 2.62 bits per heavy atom. The van der Waals surface area contributed by atoms with E-state index in [1.54, 1.807) is 31.4 Å². The first-order valence-electron chi connectivity index (χ1n) is 9.95. The molecule has 0 aliphatic carbocycles. The molecule has 1 amide bonds. The number of rotatable bonds is 9. The lowest BCUT2D eigenvalue weighted by Crippen LogP contribution is -2.49. The van der Waals surface area contributed by atoms with Crippen molar-refractivity contribution in [2.75, 3.05) is 58.4 Å². The molecule has 1 aliphatic rings. The van der Waals surface area contributed by atoms with Gasteiger partial charge in [-0.2, -0.15) is 0 Å². The number of ether oxygens (including phenoxy) is 1. The minimum atomic E-state index is -0.0218. The van der Waals surface area contributed by atoms with Gasteiger partial charge in [-0.3, -0.25) is 4.79 Å². The van der Waals surface area contributed by atoms with Crippen molar-refractivity contribution in [3.8, 4) is 0 Å². The lowest BCUT2D eigenvalue weighted by atomic mass is 10.1. The van der Waals surface area contributed by atoms with E-state index >= 15 is 0 Å². The third kappa shape index (κ3) is 9.57. The van der Waals surface area contributed by atoms with E-state index in [1.165, 1.54) is 0 Å². The van der Waals surface area contributed by atoms with Gasteiger partial charge < -0.3 is 25.2 Å². The number of aromatic nitrogens is 2. The molecule has 0 atom stereocenters. The SMILES string of the molecule is CCOCCCNC(=NCC(=O)N(C)C)NC1CCN(c2ncccn2)CC1.I. The van der Waals surface area contributed by atoms with Crippen LogP contribution >= 0.6 is 24.0 Å². The molecule has 2 N–H and O–H groups in total. The Morgan fingerprint density at radius 2 is 2.00 bits per heavy atom. The summed E-state index contributed by atoms with van der Waals surface area (Å²) in [4.78, 5) is 28.7. The molecule has 10 heteroatoms. The fourth-order valence-corrected chi connectivity index (χ4v) is 2.84. The number of hydrogen-bond donors (Lipinski definition) is 2. The van der Waals surface area contributed by atoms with Crippen LogP contribution in [0.4, 0.5) is 5.95 Å². The Morgan fingerprint density at radius 1 is 1.31 bits per heavy atom. The highest BCUT2D eigenvalue weighted by molar-refractivity contribution is 14.0. The van der Waals surface area contributed by atoms with Crippen LogP contribution < -0.4 is 15.5 Å². The van der Waals surface area contributed by atoms with Gasteiger partial charge in [0.05, 0.1) is 0 Å². The second-order valence-electron chi connectivity index (χ2n) is 6.88. The molecule has 0 unspecified atom stereocenters. The third-order valence-electron chi connectivity index (χ3n) is 4.50. The first kappa shape index (κ1) is 25.3. The maximum atomic E-state index is 11.9. The molecule has 9 nitrogen and oxygen atoms in total. The predicted octanol–water partition coefficient (Wildman–Crippen LogP) is 1.11. The molecule has 2 heterocycles. The van der Waals surface area contributed by atoms with Gasteiger partial charge in [0, 0.05) is 65.4 Å². The van der Waals surface area contributed by atoms with E-state index in [0.717, 1.165) is 51.5 Å². The number of halogens is 1. The molecule has 29 heavy (non-hydrogen) atoms. The number of carbonyl (C=O) groups excluding carboxylic acids is 1. The fraction of sp³-hybridized carbons (Fsp3) is 0.684. The summed E-state index contributed by atoms with van der Waals surface area (Å²) in [7, 11) is 3.48. The lowest BCUT2D eigenvalue weighted by molar-refractivity contribution is -0.127. The first-order valence-corrected chi connectivity index (χ1v) is 9.95. The summed E-state index contributed by atoms with van der Waals surface area (Å²) in [5, 5.41) is 6.79. The Hall–Kier alpha value is -1.69. The topological polar surface area (TPSA) is 95.0 Å². The quantitative estimate of drug-likeness (QED) is 0.219. The van der Waals surface area contributed by atoms with Gasteiger partial charge >= 0.3 is 0 Å². The van der Waals surface area contributed by atoms with Gasteiger partial charge in [-0.25, -0.2) is 15.0 Å². The molecule has 1 aromatic heterocycles. The highest BCUT2D eigenvalue weighted by Gasteiger charge is 2.21. The van der Waals surface area contributed by atoms with E-state index in [-0.39, 0.29) is 36.4 Å². The van der Waals surface area contributed by atoms with E-state index in [0.29, 0.717) is 18.6 Å². The van der Waals surface area contributed by atoms with Crippen LogP contribution in [0.3, 0.4) is 0 Å². The zero-order chi connectivity index (χ0) is 20.2. The summed E-state index contributed by atoms with van der Waals surface area (Å²) in [6.45, 7) is 6.07. The van der Waals surface area contributed by atoms with Crippen molar-refractivity contribution in [3.63, 3.8) is 0 Å². The summed E-state index contributed by atoms with van der Waals surface area (Å²) in [5.41, 5.74) is 0. The normalized spacial score (nSPS) is 14.9. The number of aliphatic imine (C=N–C) groups is 1. The van der Waals surface area contributed by atoms with Gasteiger partial charge in [-0.05, 0) is 32.3 Å². The van der Waals surface area contributed by atoms with Crippen molar-refractivity contribution < 1.29 is 9.53 Å². The maximum absolute atomic E-state index is 11.9. The molecule has 0 saturated carbocycles. The van der Waals surface area contributed by atoms with Gasteiger partial charge in [0.1, 0.15) is 6.54 Å². The predicted molar refractivity (Wildman–Crippen MR) is 126 cm³/mol. The highest BCUT2D eigenvalue weighted by Crippen LogP contribution is 2.15. The third-order valence-corrected chi connectivity index (χ3v) is 4.50. The minimum Gasteiger partial charge on any atom is -0.382 e.